The number of benzene rings is 1. The van der Waals surface area contributed by atoms with Crippen molar-refractivity contribution in [3.05, 3.63) is 46.8 Å². The Bertz CT molecular complexity index is 536. The Balaban J connectivity index is 2.13. The number of anilines is 1. The van der Waals surface area contributed by atoms with Crippen molar-refractivity contribution in [2.75, 3.05) is 5.32 Å². The van der Waals surface area contributed by atoms with E-state index in [4.69, 9.17) is 4.52 Å². The molecule has 0 bridgehead atoms. The number of hydrogen-bond donors (Lipinski definition) is 1. The highest BCUT2D eigenvalue weighted by Gasteiger charge is 2.09. The molecule has 0 saturated heterocycles. The molecule has 0 saturated carbocycles. The van der Waals surface area contributed by atoms with Crippen LogP contribution in [0.4, 0.5) is 5.69 Å². The molecule has 18 heavy (non-hydrogen) atoms. The highest BCUT2D eigenvalue weighted by Crippen LogP contribution is 2.18. The molecule has 2 rings (SSSR count). The van der Waals surface area contributed by atoms with Gasteiger partial charge in [0.2, 0.25) is 5.91 Å². The molecular formula is C14H16N2O2. The second-order valence-corrected chi connectivity index (χ2v) is 4.36. The molecule has 0 fully saturated rings. The maximum atomic E-state index is 10.9. The SMILES string of the molecule is CC(=O)Nc1ccc(Cc2c(C)noc2C)cc1. The van der Waals surface area contributed by atoms with Gasteiger partial charge in [-0.2, -0.15) is 0 Å². The van der Waals surface area contributed by atoms with Gasteiger partial charge in [-0.3, -0.25) is 4.79 Å². The molecule has 0 unspecified atom stereocenters. The topological polar surface area (TPSA) is 55.1 Å². The van der Waals surface area contributed by atoms with E-state index in [-0.39, 0.29) is 5.91 Å². The summed E-state index contributed by atoms with van der Waals surface area (Å²) in [5.41, 5.74) is 4.03. The van der Waals surface area contributed by atoms with E-state index >= 15 is 0 Å². The third-order valence-corrected chi connectivity index (χ3v) is 2.84. The minimum Gasteiger partial charge on any atom is -0.361 e. The molecule has 1 N–H and O–H groups in total. The Morgan fingerprint density at radius 2 is 1.94 bits per heavy atom. The summed E-state index contributed by atoms with van der Waals surface area (Å²) in [6, 6.07) is 7.79. The fourth-order valence-corrected chi connectivity index (χ4v) is 1.87. The van der Waals surface area contributed by atoms with Gasteiger partial charge >= 0.3 is 0 Å². The summed E-state index contributed by atoms with van der Waals surface area (Å²) < 4.78 is 5.14. The van der Waals surface area contributed by atoms with Crippen LogP contribution in [0.3, 0.4) is 0 Å². The fraction of sp³-hybridized carbons (Fsp3) is 0.286. The zero-order valence-electron chi connectivity index (χ0n) is 10.8. The third kappa shape index (κ3) is 2.77. The highest BCUT2D eigenvalue weighted by molar-refractivity contribution is 5.88. The van der Waals surface area contributed by atoms with Crippen molar-refractivity contribution < 1.29 is 9.32 Å². The van der Waals surface area contributed by atoms with Crippen LogP contribution in [0.2, 0.25) is 0 Å². The van der Waals surface area contributed by atoms with Crippen LogP contribution in [-0.4, -0.2) is 11.1 Å². The zero-order chi connectivity index (χ0) is 13.1. The van der Waals surface area contributed by atoms with Crippen LogP contribution in [0.1, 0.15) is 29.5 Å². The number of rotatable bonds is 3. The lowest BCUT2D eigenvalue weighted by molar-refractivity contribution is -0.114. The van der Waals surface area contributed by atoms with Crippen molar-refractivity contribution in [3.8, 4) is 0 Å². The van der Waals surface area contributed by atoms with Gasteiger partial charge in [0.25, 0.3) is 0 Å². The summed E-state index contributed by atoms with van der Waals surface area (Å²) in [5, 5.41) is 6.68. The molecule has 0 spiro atoms. The van der Waals surface area contributed by atoms with Crippen LogP contribution in [-0.2, 0) is 11.2 Å². The minimum absolute atomic E-state index is 0.0616. The second kappa shape index (κ2) is 5.04. The van der Waals surface area contributed by atoms with Gasteiger partial charge in [-0.25, -0.2) is 0 Å². The van der Waals surface area contributed by atoms with Gasteiger partial charge < -0.3 is 9.84 Å². The number of aromatic nitrogens is 1. The monoisotopic (exact) mass is 244 g/mol. The molecule has 0 aliphatic heterocycles. The lowest BCUT2D eigenvalue weighted by Gasteiger charge is -2.04. The molecule has 0 aliphatic rings. The molecule has 0 atom stereocenters. The van der Waals surface area contributed by atoms with Crippen molar-refractivity contribution in [1.29, 1.82) is 0 Å². The average molecular weight is 244 g/mol. The van der Waals surface area contributed by atoms with Gasteiger partial charge in [-0.15, -0.1) is 0 Å². The van der Waals surface area contributed by atoms with Crippen LogP contribution >= 0.6 is 0 Å². The second-order valence-electron chi connectivity index (χ2n) is 4.36. The molecule has 1 aromatic carbocycles. The largest absolute Gasteiger partial charge is 0.361 e. The van der Waals surface area contributed by atoms with Gasteiger partial charge in [0.1, 0.15) is 5.76 Å². The molecule has 1 heterocycles. The first-order valence-corrected chi connectivity index (χ1v) is 5.84. The van der Waals surface area contributed by atoms with Gasteiger partial charge in [-0.1, -0.05) is 17.3 Å². The smallest absolute Gasteiger partial charge is 0.221 e. The number of nitrogens with zero attached hydrogens (tertiary/aromatic N) is 1. The number of carbonyl (C=O) groups is 1. The first-order chi connectivity index (χ1) is 8.56. The lowest BCUT2D eigenvalue weighted by atomic mass is 10.0. The molecule has 2 aromatic rings. The van der Waals surface area contributed by atoms with E-state index in [2.05, 4.69) is 10.5 Å². The van der Waals surface area contributed by atoms with E-state index in [9.17, 15) is 4.79 Å². The maximum Gasteiger partial charge on any atom is 0.221 e. The standard InChI is InChI=1S/C14H16N2O2/c1-9-14(10(2)18-16-9)8-12-4-6-13(7-5-12)15-11(3)17/h4-7H,8H2,1-3H3,(H,15,17). The molecule has 0 aliphatic carbocycles. The van der Waals surface area contributed by atoms with E-state index < -0.39 is 0 Å². The molecule has 94 valence electrons. The average Bonchev–Trinajstić information content (AvgIpc) is 2.63. The molecule has 4 heteroatoms. The minimum atomic E-state index is -0.0616. The molecular weight excluding hydrogens is 228 g/mol. The first kappa shape index (κ1) is 12.4. The van der Waals surface area contributed by atoms with Crippen molar-refractivity contribution in [2.45, 2.75) is 27.2 Å². The highest BCUT2D eigenvalue weighted by atomic mass is 16.5. The van der Waals surface area contributed by atoms with E-state index in [1.807, 2.05) is 38.1 Å². The summed E-state index contributed by atoms with van der Waals surface area (Å²) in [5.74, 6) is 0.798. The van der Waals surface area contributed by atoms with Crippen LogP contribution in [0.15, 0.2) is 28.8 Å². The summed E-state index contributed by atoms with van der Waals surface area (Å²) in [6.07, 6.45) is 0.793. The van der Waals surface area contributed by atoms with E-state index in [1.165, 1.54) is 12.5 Å². The summed E-state index contributed by atoms with van der Waals surface area (Å²) in [7, 11) is 0. The summed E-state index contributed by atoms with van der Waals surface area (Å²) in [4.78, 5) is 10.9. The normalized spacial score (nSPS) is 10.4. The predicted octanol–water partition coefficient (Wildman–Crippen LogP) is 2.84. The zero-order valence-corrected chi connectivity index (χ0v) is 10.8. The van der Waals surface area contributed by atoms with Gasteiger partial charge in [-0.05, 0) is 31.5 Å². The number of carbonyl (C=O) groups excluding carboxylic acids is 1. The van der Waals surface area contributed by atoms with Crippen molar-refractivity contribution in [3.63, 3.8) is 0 Å². The van der Waals surface area contributed by atoms with Gasteiger partial charge in [0.05, 0.1) is 5.69 Å². The Hall–Kier alpha value is -2.10. The Morgan fingerprint density at radius 1 is 1.28 bits per heavy atom. The van der Waals surface area contributed by atoms with Crippen molar-refractivity contribution in [1.82, 2.24) is 5.16 Å². The van der Waals surface area contributed by atoms with Gasteiger partial charge in [0.15, 0.2) is 0 Å². The third-order valence-electron chi connectivity index (χ3n) is 2.84. The Kier molecular flexibility index (Phi) is 3.46. The predicted molar refractivity (Wildman–Crippen MR) is 69.5 cm³/mol. The fourth-order valence-electron chi connectivity index (χ4n) is 1.87. The van der Waals surface area contributed by atoms with Gasteiger partial charge in [0, 0.05) is 24.6 Å². The van der Waals surface area contributed by atoms with Crippen molar-refractivity contribution >= 4 is 11.6 Å². The number of nitrogens with one attached hydrogen (secondary N) is 1. The Morgan fingerprint density at radius 3 is 2.44 bits per heavy atom. The number of amides is 1. The van der Waals surface area contributed by atoms with E-state index in [0.29, 0.717) is 0 Å². The Labute approximate surface area is 106 Å². The maximum absolute atomic E-state index is 10.9. The van der Waals surface area contributed by atoms with E-state index in [1.54, 1.807) is 0 Å². The number of aryl methyl sites for hydroxylation is 2. The van der Waals surface area contributed by atoms with Crippen molar-refractivity contribution in [2.24, 2.45) is 0 Å². The van der Waals surface area contributed by atoms with Crippen LogP contribution in [0, 0.1) is 13.8 Å². The molecule has 4 nitrogen and oxygen atoms in total. The van der Waals surface area contributed by atoms with E-state index in [0.717, 1.165) is 29.1 Å². The molecule has 1 amide bonds. The molecule has 0 radical (unpaired) electrons. The summed E-state index contributed by atoms with van der Waals surface area (Å²) in [6.45, 7) is 5.36. The van der Waals surface area contributed by atoms with Crippen LogP contribution < -0.4 is 5.32 Å². The first-order valence-electron chi connectivity index (χ1n) is 5.84. The van der Waals surface area contributed by atoms with Crippen LogP contribution in [0.25, 0.3) is 0 Å². The summed E-state index contributed by atoms with van der Waals surface area (Å²) >= 11 is 0. The lowest BCUT2D eigenvalue weighted by Crippen LogP contribution is -2.05. The molecule has 1 aromatic heterocycles. The quantitative estimate of drug-likeness (QED) is 0.903. The van der Waals surface area contributed by atoms with Crippen LogP contribution in [0.5, 0.6) is 0 Å². The number of hydrogen-bond acceptors (Lipinski definition) is 3.